The molecule has 1 N–H and O–H groups in total. The number of aliphatic hydroxyl groups excluding tert-OH is 1. The minimum Gasteiger partial charge on any atom is -0.396 e. The Morgan fingerprint density at radius 1 is 1.24 bits per heavy atom. The number of aliphatic hydroxyl groups is 1. The molecule has 0 aromatic heterocycles. The van der Waals surface area contributed by atoms with Gasteiger partial charge in [0.1, 0.15) is 5.82 Å². The molecule has 0 bridgehead atoms. The van der Waals surface area contributed by atoms with Crippen molar-refractivity contribution in [3.05, 3.63) is 34.6 Å². The van der Waals surface area contributed by atoms with Crippen LogP contribution in [-0.4, -0.2) is 11.7 Å². The Kier molecular flexibility index (Phi) is 4.41. The lowest BCUT2D eigenvalue weighted by molar-refractivity contribution is 0.221. The van der Waals surface area contributed by atoms with Crippen LogP contribution in [0.4, 0.5) is 4.39 Å². The van der Waals surface area contributed by atoms with Crippen LogP contribution in [0, 0.1) is 11.7 Å². The number of hydrogen-bond donors (Lipinski definition) is 1. The van der Waals surface area contributed by atoms with Crippen LogP contribution < -0.4 is 0 Å². The fraction of sp³-hybridized carbons (Fsp3) is 0.571. The van der Waals surface area contributed by atoms with E-state index in [-0.39, 0.29) is 18.3 Å². The van der Waals surface area contributed by atoms with Crippen molar-refractivity contribution in [2.24, 2.45) is 5.92 Å². The van der Waals surface area contributed by atoms with E-state index in [9.17, 15) is 4.39 Å². The van der Waals surface area contributed by atoms with Crippen molar-refractivity contribution < 1.29 is 9.50 Å². The molecule has 0 heterocycles. The summed E-state index contributed by atoms with van der Waals surface area (Å²) < 4.78 is 13.8. The van der Waals surface area contributed by atoms with Gasteiger partial charge in [-0.25, -0.2) is 4.39 Å². The van der Waals surface area contributed by atoms with Crippen molar-refractivity contribution in [2.45, 2.75) is 38.0 Å². The molecule has 1 aromatic carbocycles. The third-order valence-electron chi connectivity index (χ3n) is 3.79. The maximum Gasteiger partial charge on any atom is 0.128 e. The van der Waals surface area contributed by atoms with Crippen LogP contribution >= 0.6 is 11.6 Å². The van der Waals surface area contributed by atoms with Gasteiger partial charge in [0, 0.05) is 17.2 Å². The Balaban J connectivity index is 2.05. The highest BCUT2D eigenvalue weighted by Gasteiger charge is 2.25. The minimum absolute atomic E-state index is 0.178. The van der Waals surface area contributed by atoms with Crippen LogP contribution in [-0.2, 0) is 0 Å². The largest absolute Gasteiger partial charge is 0.396 e. The first kappa shape index (κ1) is 12.8. The lowest BCUT2D eigenvalue weighted by Gasteiger charge is -2.29. The van der Waals surface area contributed by atoms with Crippen molar-refractivity contribution in [2.75, 3.05) is 6.61 Å². The molecular formula is C14H18ClFO. The van der Waals surface area contributed by atoms with E-state index in [0.717, 1.165) is 32.1 Å². The Morgan fingerprint density at radius 2 is 1.94 bits per heavy atom. The molecule has 1 aliphatic carbocycles. The average Bonchev–Trinajstić information content (AvgIpc) is 2.31. The molecule has 0 atom stereocenters. The Labute approximate surface area is 107 Å². The summed E-state index contributed by atoms with van der Waals surface area (Å²) in [6.45, 7) is 0.260. The zero-order chi connectivity index (χ0) is 12.3. The molecule has 0 saturated heterocycles. The normalized spacial score (nSPS) is 24.9. The van der Waals surface area contributed by atoms with E-state index in [1.807, 2.05) is 0 Å². The molecule has 0 aliphatic heterocycles. The van der Waals surface area contributed by atoms with E-state index < -0.39 is 0 Å². The van der Waals surface area contributed by atoms with Gasteiger partial charge in [-0.1, -0.05) is 17.7 Å². The van der Waals surface area contributed by atoms with Crippen LogP contribution in [0.15, 0.2) is 18.2 Å². The van der Waals surface area contributed by atoms with Gasteiger partial charge in [0.25, 0.3) is 0 Å². The fourth-order valence-electron chi connectivity index (χ4n) is 2.82. The molecule has 1 aliphatic rings. The zero-order valence-corrected chi connectivity index (χ0v) is 10.6. The van der Waals surface area contributed by atoms with Gasteiger partial charge >= 0.3 is 0 Å². The molecule has 0 spiro atoms. The summed E-state index contributed by atoms with van der Waals surface area (Å²) in [5.74, 6) is 0.670. The van der Waals surface area contributed by atoms with Gasteiger partial charge in [-0.2, -0.15) is 0 Å². The fourth-order valence-corrected chi connectivity index (χ4v) is 3.14. The first-order valence-corrected chi connectivity index (χ1v) is 6.65. The van der Waals surface area contributed by atoms with Crippen molar-refractivity contribution in [3.8, 4) is 0 Å². The lowest BCUT2D eigenvalue weighted by atomic mass is 9.77. The molecule has 94 valence electrons. The molecule has 1 fully saturated rings. The molecule has 0 unspecified atom stereocenters. The third kappa shape index (κ3) is 2.99. The molecule has 17 heavy (non-hydrogen) atoms. The summed E-state index contributed by atoms with van der Waals surface area (Å²) in [6.07, 6.45) is 4.96. The second-order valence-electron chi connectivity index (χ2n) is 4.87. The number of benzene rings is 1. The summed E-state index contributed by atoms with van der Waals surface area (Å²) in [6, 6.07) is 4.90. The Bertz CT molecular complexity index is 352. The van der Waals surface area contributed by atoms with E-state index in [4.69, 9.17) is 16.7 Å². The number of rotatable bonds is 3. The predicted octanol–water partition coefficient (Wildman–Crippen LogP) is 4.14. The van der Waals surface area contributed by atoms with Crippen LogP contribution in [0.3, 0.4) is 0 Å². The smallest absolute Gasteiger partial charge is 0.128 e. The van der Waals surface area contributed by atoms with E-state index in [1.165, 1.54) is 6.07 Å². The monoisotopic (exact) mass is 256 g/mol. The topological polar surface area (TPSA) is 20.2 Å². The standard InChI is InChI=1S/C14H18ClFO/c15-12-2-1-3-13(16)14(12)11-6-4-10(5-7-11)8-9-17/h1-3,10-11,17H,4-9H2. The van der Waals surface area contributed by atoms with E-state index in [1.54, 1.807) is 12.1 Å². The van der Waals surface area contributed by atoms with Gasteiger partial charge in [0.2, 0.25) is 0 Å². The Morgan fingerprint density at radius 3 is 2.53 bits per heavy atom. The maximum atomic E-state index is 13.8. The molecule has 2 rings (SSSR count). The second kappa shape index (κ2) is 5.83. The quantitative estimate of drug-likeness (QED) is 0.862. The lowest BCUT2D eigenvalue weighted by Crippen LogP contribution is -2.15. The average molecular weight is 257 g/mol. The number of halogens is 2. The second-order valence-corrected chi connectivity index (χ2v) is 5.27. The van der Waals surface area contributed by atoms with Gasteiger partial charge in [-0.05, 0) is 56.1 Å². The third-order valence-corrected chi connectivity index (χ3v) is 4.12. The van der Waals surface area contributed by atoms with Crippen LogP contribution in [0.2, 0.25) is 5.02 Å². The van der Waals surface area contributed by atoms with Gasteiger partial charge in [0.05, 0.1) is 0 Å². The highest BCUT2D eigenvalue weighted by atomic mass is 35.5. The van der Waals surface area contributed by atoms with E-state index in [0.29, 0.717) is 16.5 Å². The molecule has 3 heteroatoms. The van der Waals surface area contributed by atoms with Gasteiger partial charge < -0.3 is 5.11 Å². The predicted molar refractivity (Wildman–Crippen MR) is 67.8 cm³/mol. The first-order valence-electron chi connectivity index (χ1n) is 6.27. The highest BCUT2D eigenvalue weighted by molar-refractivity contribution is 6.31. The highest BCUT2D eigenvalue weighted by Crippen LogP contribution is 2.40. The summed E-state index contributed by atoms with van der Waals surface area (Å²) in [5, 5.41) is 9.46. The van der Waals surface area contributed by atoms with Crippen molar-refractivity contribution >= 4 is 11.6 Å². The molecular weight excluding hydrogens is 239 g/mol. The van der Waals surface area contributed by atoms with Crippen LogP contribution in [0.1, 0.15) is 43.6 Å². The molecule has 1 aromatic rings. The summed E-state index contributed by atoms with van der Waals surface area (Å²) in [7, 11) is 0. The molecule has 1 nitrogen and oxygen atoms in total. The number of hydrogen-bond acceptors (Lipinski definition) is 1. The van der Waals surface area contributed by atoms with Gasteiger partial charge in [-0.15, -0.1) is 0 Å². The van der Waals surface area contributed by atoms with Crippen LogP contribution in [0.5, 0.6) is 0 Å². The molecule has 1 saturated carbocycles. The summed E-state index contributed by atoms with van der Waals surface area (Å²) in [4.78, 5) is 0. The van der Waals surface area contributed by atoms with Crippen molar-refractivity contribution in [1.82, 2.24) is 0 Å². The molecule has 0 amide bonds. The minimum atomic E-state index is -0.178. The maximum absolute atomic E-state index is 13.8. The van der Waals surface area contributed by atoms with Crippen molar-refractivity contribution in [3.63, 3.8) is 0 Å². The van der Waals surface area contributed by atoms with E-state index in [2.05, 4.69) is 0 Å². The van der Waals surface area contributed by atoms with E-state index >= 15 is 0 Å². The summed E-state index contributed by atoms with van der Waals surface area (Å²) >= 11 is 6.08. The zero-order valence-electron chi connectivity index (χ0n) is 9.83. The molecule has 0 radical (unpaired) electrons. The Hall–Kier alpha value is -0.600. The summed E-state index contributed by atoms with van der Waals surface area (Å²) in [5.41, 5.74) is 0.691. The first-order chi connectivity index (χ1) is 8.22. The van der Waals surface area contributed by atoms with Crippen molar-refractivity contribution in [1.29, 1.82) is 0 Å². The van der Waals surface area contributed by atoms with Gasteiger partial charge in [-0.3, -0.25) is 0 Å². The van der Waals surface area contributed by atoms with Gasteiger partial charge in [0.15, 0.2) is 0 Å². The van der Waals surface area contributed by atoms with Crippen LogP contribution in [0.25, 0.3) is 0 Å². The SMILES string of the molecule is OCCC1CCC(c2c(F)cccc2Cl)CC1.